The molecule has 0 spiro atoms. The molecular formula is C29H38FNO3. The van der Waals surface area contributed by atoms with E-state index in [0.717, 1.165) is 32.1 Å². The number of aliphatic hydroxyl groups excluding tert-OH is 1. The predicted molar refractivity (Wildman–Crippen MR) is 134 cm³/mol. The van der Waals surface area contributed by atoms with Crippen LogP contribution in [0, 0.1) is 17.2 Å². The van der Waals surface area contributed by atoms with E-state index in [0.29, 0.717) is 11.6 Å². The van der Waals surface area contributed by atoms with E-state index in [9.17, 15) is 14.3 Å². The summed E-state index contributed by atoms with van der Waals surface area (Å²) in [7, 11) is 0. The van der Waals surface area contributed by atoms with E-state index in [1.165, 1.54) is 28.8 Å². The first-order chi connectivity index (χ1) is 16.1. The molecular weight excluding hydrogens is 429 g/mol. The van der Waals surface area contributed by atoms with Crippen LogP contribution in [0.5, 0.6) is 0 Å². The van der Waals surface area contributed by atoms with Crippen LogP contribution < -0.4 is 5.32 Å². The average molecular weight is 468 g/mol. The Hall–Kier alpha value is -2.40. The largest absolute Gasteiger partial charge is 0.462 e. The van der Waals surface area contributed by atoms with Gasteiger partial charge in [0.05, 0.1) is 5.41 Å². The fraction of sp³-hybridized carbons (Fsp3) is 0.552. The summed E-state index contributed by atoms with van der Waals surface area (Å²) in [5.41, 5.74) is 4.31. The Morgan fingerprint density at radius 3 is 2.62 bits per heavy atom. The van der Waals surface area contributed by atoms with Gasteiger partial charge in [0, 0.05) is 12.2 Å². The minimum atomic E-state index is -0.839. The van der Waals surface area contributed by atoms with Gasteiger partial charge in [-0.15, -0.1) is 0 Å². The lowest BCUT2D eigenvalue weighted by Gasteiger charge is -2.54. The zero-order valence-electron chi connectivity index (χ0n) is 20.9. The molecule has 4 atom stereocenters. The summed E-state index contributed by atoms with van der Waals surface area (Å²) in [6.07, 6.45) is 4.01. The van der Waals surface area contributed by atoms with Crippen molar-refractivity contribution < 1.29 is 19.0 Å². The van der Waals surface area contributed by atoms with Gasteiger partial charge in [-0.25, -0.2) is 4.39 Å². The minimum Gasteiger partial charge on any atom is -0.462 e. The first kappa shape index (κ1) is 24.7. The molecule has 4 rings (SSSR count). The van der Waals surface area contributed by atoms with Crippen LogP contribution >= 0.6 is 0 Å². The highest BCUT2D eigenvalue weighted by Gasteiger charge is 2.55. The minimum absolute atomic E-state index is 0.0438. The summed E-state index contributed by atoms with van der Waals surface area (Å²) < 4.78 is 18.7. The molecule has 2 aromatic carbocycles. The summed E-state index contributed by atoms with van der Waals surface area (Å²) in [5, 5.41) is 13.4. The number of esters is 1. The van der Waals surface area contributed by atoms with Crippen LogP contribution in [0.25, 0.3) is 0 Å². The van der Waals surface area contributed by atoms with Crippen molar-refractivity contribution >= 4 is 11.7 Å². The average Bonchev–Trinajstić information content (AvgIpc) is 2.81. The normalized spacial score (nSPS) is 27.0. The zero-order valence-corrected chi connectivity index (χ0v) is 20.9. The number of fused-ring (bicyclic) bond motifs is 3. The topological polar surface area (TPSA) is 58.6 Å². The maximum atomic E-state index is 13.4. The van der Waals surface area contributed by atoms with Crippen molar-refractivity contribution in [3.8, 4) is 0 Å². The van der Waals surface area contributed by atoms with E-state index < -0.39 is 11.5 Å². The van der Waals surface area contributed by atoms with Gasteiger partial charge in [-0.3, -0.25) is 4.79 Å². The van der Waals surface area contributed by atoms with E-state index in [1.54, 1.807) is 12.1 Å². The molecule has 0 saturated heterocycles. The van der Waals surface area contributed by atoms with Crippen LogP contribution in [0.1, 0.15) is 76.0 Å². The smallest absolute Gasteiger partial charge is 0.312 e. The van der Waals surface area contributed by atoms with Crippen molar-refractivity contribution in [3.63, 3.8) is 0 Å². The van der Waals surface area contributed by atoms with Gasteiger partial charge in [0.1, 0.15) is 18.5 Å². The highest BCUT2D eigenvalue weighted by atomic mass is 19.1. The summed E-state index contributed by atoms with van der Waals surface area (Å²) in [4.78, 5) is 13.4. The Bertz CT molecular complexity index is 1020. The zero-order chi connectivity index (χ0) is 24.5. The molecule has 2 aromatic rings. The van der Waals surface area contributed by atoms with Crippen molar-refractivity contribution in [1.29, 1.82) is 0 Å². The molecule has 0 amide bonds. The first-order valence-electron chi connectivity index (χ1n) is 12.6. The number of hydrogen-bond donors (Lipinski definition) is 2. The lowest BCUT2D eigenvalue weighted by Crippen LogP contribution is -2.53. The van der Waals surface area contributed by atoms with Crippen LogP contribution in [0.2, 0.25) is 0 Å². The van der Waals surface area contributed by atoms with Crippen molar-refractivity contribution in [3.05, 3.63) is 65.0 Å². The maximum Gasteiger partial charge on any atom is 0.312 e. The molecule has 0 heterocycles. The number of benzene rings is 2. The fourth-order valence-electron chi connectivity index (χ4n) is 6.31. The molecule has 34 heavy (non-hydrogen) atoms. The number of aliphatic hydroxyl groups is 1. The van der Waals surface area contributed by atoms with E-state index >= 15 is 0 Å². The number of carbonyl (C=O) groups is 1. The van der Waals surface area contributed by atoms with Crippen molar-refractivity contribution in [1.82, 2.24) is 0 Å². The second-order valence-electron chi connectivity index (χ2n) is 11.0. The van der Waals surface area contributed by atoms with E-state index in [1.807, 2.05) is 0 Å². The molecule has 2 N–H and O–H groups in total. The number of aryl methyl sites for hydroxylation is 1. The third-order valence-corrected chi connectivity index (χ3v) is 8.30. The predicted octanol–water partition coefficient (Wildman–Crippen LogP) is 5.98. The van der Waals surface area contributed by atoms with Gasteiger partial charge in [-0.2, -0.15) is 0 Å². The molecule has 0 aromatic heterocycles. The van der Waals surface area contributed by atoms with Gasteiger partial charge < -0.3 is 15.2 Å². The second kappa shape index (κ2) is 9.69. The molecule has 0 radical (unpaired) electrons. The highest BCUT2D eigenvalue weighted by Crippen LogP contribution is 2.57. The molecule has 4 nitrogen and oxygen atoms in total. The lowest BCUT2D eigenvalue weighted by molar-refractivity contribution is -0.167. The quantitative estimate of drug-likeness (QED) is 0.492. The Kier molecular flexibility index (Phi) is 7.04. The monoisotopic (exact) mass is 467 g/mol. The summed E-state index contributed by atoms with van der Waals surface area (Å²) in [6.45, 7) is 9.02. The number of hydrogen-bond acceptors (Lipinski definition) is 4. The molecule has 1 fully saturated rings. The number of anilines is 1. The molecule has 0 aliphatic heterocycles. The van der Waals surface area contributed by atoms with Crippen LogP contribution in [0.4, 0.5) is 10.1 Å². The third kappa shape index (κ3) is 4.72. The molecule has 2 unspecified atom stereocenters. The van der Waals surface area contributed by atoms with Gasteiger partial charge in [0.15, 0.2) is 0 Å². The third-order valence-electron chi connectivity index (χ3n) is 8.30. The highest BCUT2D eigenvalue weighted by molar-refractivity contribution is 5.77. The van der Waals surface area contributed by atoms with Crippen molar-refractivity contribution in [2.45, 2.75) is 77.2 Å². The van der Waals surface area contributed by atoms with Crippen LogP contribution in [0.3, 0.4) is 0 Å². The number of halogens is 1. The second-order valence-corrected chi connectivity index (χ2v) is 11.0. The Balaban J connectivity index is 1.42. The van der Waals surface area contributed by atoms with Crippen molar-refractivity contribution in [2.24, 2.45) is 11.3 Å². The van der Waals surface area contributed by atoms with Crippen LogP contribution in [-0.2, 0) is 21.4 Å². The van der Waals surface area contributed by atoms with Crippen molar-refractivity contribution in [2.75, 3.05) is 18.5 Å². The molecule has 184 valence electrons. The first-order valence-corrected chi connectivity index (χ1v) is 12.6. The Labute approximate surface area is 202 Å². The number of rotatable bonds is 7. The molecule has 0 bridgehead atoms. The lowest BCUT2D eigenvalue weighted by atomic mass is 9.49. The molecule has 2 aliphatic carbocycles. The Morgan fingerprint density at radius 2 is 1.91 bits per heavy atom. The van der Waals surface area contributed by atoms with Gasteiger partial charge in [0.2, 0.25) is 0 Å². The SMILES string of the molecule is CC(C)c1ccc2c(c1)CCC1[C@](C)(C(=O)OCC(O)CNc3ccc(F)cc3)CCC[C@]21C. The summed E-state index contributed by atoms with van der Waals surface area (Å²) in [5.74, 6) is 0.212. The maximum absolute atomic E-state index is 13.4. The molecule has 1 saturated carbocycles. The fourth-order valence-corrected chi connectivity index (χ4v) is 6.31. The Morgan fingerprint density at radius 1 is 1.18 bits per heavy atom. The van der Waals surface area contributed by atoms with Gasteiger partial charge in [-0.05, 0) is 90.8 Å². The van der Waals surface area contributed by atoms with Gasteiger partial charge in [-0.1, -0.05) is 45.4 Å². The number of carbonyl (C=O) groups excluding carboxylic acids is 1. The summed E-state index contributed by atoms with van der Waals surface area (Å²) >= 11 is 0. The molecule has 2 aliphatic rings. The standard InChI is InChI=1S/C29H38FNO3/c1-19(2)20-6-12-25-21(16-20)7-13-26-28(25,3)14-5-15-29(26,4)27(33)34-18-24(32)17-31-23-10-8-22(30)9-11-23/h6,8-12,16,19,24,26,31-32H,5,7,13-15,17-18H2,1-4H3/t24?,26?,28-,29-/m1/s1. The molecule has 5 heteroatoms. The number of nitrogens with one attached hydrogen (secondary N) is 1. The van der Waals surface area contributed by atoms with Crippen LogP contribution in [-0.4, -0.2) is 30.3 Å². The van der Waals surface area contributed by atoms with Crippen LogP contribution in [0.15, 0.2) is 42.5 Å². The summed E-state index contributed by atoms with van der Waals surface area (Å²) in [6, 6.07) is 12.9. The van der Waals surface area contributed by atoms with E-state index in [4.69, 9.17) is 4.74 Å². The number of ether oxygens (including phenoxy) is 1. The van der Waals surface area contributed by atoms with Gasteiger partial charge >= 0.3 is 5.97 Å². The van der Waals surface area contributed by atoms with E-state index in [2.05, 4.69) is 51.2 Å². The van der Waals surface area contributed by atoms with E-state index in [-0.39, 0.29) is 36.3 Å². The van der Waals surface area contributed by atoms with Gasteiger partial charge in [0.25, 0.3) is 0 Å².